The number of cyclic esters (lactones) is 1. The van der Waals surface area contributed by atoms with Gasteiger partial charge in [0.2, 0.25) is 5.78 Å². The average molecular weight is 532 g/mol. The second-order valence-corrected chi connectivity index (χ2v) is 10.9. The summed E-state index contributed by atoms with van der Waals surface area (Å²) in [4.78, 5) is 63.3. The number of rotatable bonds is 7. The SMILES string of the molecule is COC[C@H]1OC(=O)/C(=C\NC(C)CC(=O)O)C2=C(O)C(=O)C3=C([C@H](OC(C)=O)C[C@]4(C)C(=O)CC[C@@H]34)[C@]21C. The number of ketones is 2. The molecule has 11 heteroatoms. The molecule has 0 bridgehead atoms. The highest BCUT2D eigenvalue weighted by atomic mass is 16.6. The number of allylic oxidation sites excluding steroid dienone is 1. The maximum Gasteiger partial charge on any atom is 0.340 e. The third kappa shape index (κ3) is 4.13. The van der Waals surface area contributed by atoms with Crippen LogP contribution in [0.2, 0.25) is 0 Å². The van der Waals surface area contributed by atoms with Gasteiger partial charge in [0.25, 0.3) is 0 Å². The highest BCUT2D eigenvalue weighted by Gasteiger charge is 2.64. The van der Waals surface area contributed by atoms with Crippen LogP contribution in [-0.2, 0) is 38.2 Å². The fourth-order valence-electron chi connectivity index (χ4n) is 6.64. The van der Waals surface area contributed by atoms with Gasteiger partial charge in [-0.1, -0.05) is 6.92 Å². The maximum absolute atomic E-state index is 13.9. The van der Waals surface area contributed by atoms with Crippen LogP contribution in [0.3, 0.4) is 0 Å². The van der Waals surface area contributed by atoms with E-state index in [0.717, 1.165) is 0 Å². The molecule has 4 aliphatic rings. The Kier molecular flexibility index (Phi) is 7.02. The Balaban J connectivity index is 1.95. The van der Waals surface area contributed by atoms with Crippen LogP contribution in [0.15, 0.2) is 34.3 Å². The summed E-state index contributed by atoms with van der Waals surface area (Å²) in [5.74, 6) is -4.44. The van der Waals surface area contributed by atoms with E-state index >= 15 is 0 Å². The summed E-state index contributed by atoms with van der Waals surface area (Å²) < 4.78 is 16.9. The highest BCUT2D eigenvalue weighted by Crippen LogP contribution is 2.62. The first-order valence-electron chi connectivity index (χ1n) is 12.6. The molecule has 6 atom stereocenters. The number of fused-ring (bicyclic) bond motifs is 4. The standard InChI is InChI=1S/C27H33NO10/c1-12(8-19(31)32)28-10-14-21-24(34)23(33)20-15-6-7-17(30)26(15,3)9-16(37-13(2)29)22(20)27(21,4)18(11-36-5)38-25(14)35/h10,12,15-16,18,28,34H,6-9,11H2,1-5H3,(H,31,32)/b14-10-/t12?,15-,16+,18+,26-,27-/m0/s1. The molecule has 2 fully saturated rings. The van der Waals surface area contributed by atoms with Crippen LogP contribution in [-0.4, -0.2) is 71.7 Å². The van der Waals surface area contributed by atoms with Gasteiger partial charge in [-0.2, -0.15) is 0 Å². The molecular formula is C27H33NO10. The van der Waals surface area contributed by atoms with Crippen LogP contribution >= 0.6 is 0 Å². The van der Waals surface area contributed by atoms with Crippen molar-refractivity contribution in [1.82, 2.24) is 5.32 Å². The maximum atomic E-state index is 13.9. The number of hydrogen-bond acceptors (Lipinski definition) is 10. The second kappa shape index (κ2) is 9.68. The number of aliphatic hydroxyl groups is 1. The summed E-state index contributed by atoms with van der Waals surface area (Å²) in [6.07, 6.45) is -0.191. The summed E-state index contributed by atoms with van der Waals surface area (Å²) >= 11 is 0. The van der Waals surface area contributed by atoms with E-state index in [9.17, 15) is 29.1 Å². The number of carbonyl (C=O) groups excluding carboxylic acids is 4. The number of aliphatic hydroxyl groups excluding tert-OH is 1. The molecule has 0 spiro atoms. The molecule has 11 nitrogen and oxygen atoms in total. The van der Waals surface area contributed by atoms with Crippen LogP contribution in [0, 0.1) is 16.7 Å². The van der Waals surface area contributed by atoms with E-state index in [4.69, 9.17) is 19.3 Å². The van der Waals surface area contributed by atoms with Gasteiger partial charge in [-0.05, 0) is 25.8 Å². The number of ether oxygens (including phenoxy) is 3. The molecule has 38 heavy (non-hydrogen) atoms. The van der Waals surface area contributed by atoms with Crippen molar-refractivity contribution < 1.29 is 48.4 Å². The van der Waals surface area contributed by atoms with Crippen molar-refractivity contribution in [2.24, 2.45) is 16.7 Å². The zero-order valence-electron chi connectivity index (χ0n) is 22.1. The van der Waals surface area contributed by atoms with Crippen LogP contribution in [0.25, 0.3) is 0 Å². The number of carboxylic acids is 1. The van der Waals surface area contributed by atoms with E-state index in [-0.39, 0.29) is 48.4 Å². The lowest BCUT2D eigenvalue weighted by Crippen LogP contribution is -2.57. The molecule has 0 aromatic heterocycles. The first kappa shape index (κ1) is 27.6. The Morgan fingerprint density at radius 3 is 2.55 bits per heavy atom. The van der Waals surface area contributed by atoms with Crippen molar-refractivity contribution in [3.05, 3.63) is 34.3 Å². The van der Waals surface area contributed by atoms with E-state index in [0.29, 0.717) is 12.0 Å². The molecule has 1 unspecified atom stereocenters. The van der Waals surface area contributed by atoms with Crippen molar-refractivity contribution in [3.8, 4) is 0 Å². The molecule has 3 N–H and O–H groups in total. The lowest BCUT2D eigenvalue weighted by Gasteiger charge is -2.53. The Labute approximate surface area is 219 Å². The monoisotopic (exact) mass is 531 g/mol. The van der Waals surface area contributed by atoms with Crippen LogP contribution in [0.4, 0.5) is 0 Å². The number of Topliss-reactive ketones (excluding diaryl/α,β-unsaturated/α-hetero) is 2. The predicted molar refractivity (Wildman–Crippen MR) is 130 cm³/mol. The first-order valence-corrected chi connectivity index (χ1v) is 12.6. The fourth-order valence-corrected chi connectivity index (χ4v) is 6.64. The van der Waals surface area contributed by atoms with Gasteiger partial charge in [-0.15, -0.1) is 0 Å². The van der Waals surface area contributed by atoms with Gasteiger partial charge in [0.05, 0.1) is 24.0 Å². The Bertz CT molecular complexity index is 1210. The molecule has 0 radical (unpaired) electrons. The number of carbonyl (C=O) groups is 5. The number of methoxy groups -OCH3 is 1. The number of esters is 2. The van der Waals surface area contributed by atoms with Gasteiger partial charge in [-0.25, -0.2) is 4.79 Å². The quantitative estimate of drug-likeness (QED) is 0.324. The van der Waals surface area contributed by atoms with Crippen molar-refractivity contribution in [1.29, 1.82) is 0 Å². The number of hydrogen-bond donors (Lipinski definition) is 3. The Morgan fingerprint density at radius 1 is 1.26 bits per heavy atom. The fraction of sp³-hybridized carbons (Fsp3) is 0.593. The van der Waals surface area contributed by atoms with Crippen molar-refractivity contribution in [2.45, 2.75) is 71.6 Å². The van der Waals surface area contributed by atoms with Crippen molar-refractivity contribution in [3.63, 3.8) is 0 Å². The summed E-state index contributed by atoms with van der Waals surface area (Å²) in [6, 6.07) is -0.582. The normalized spacial score (nSPS) is 34.4. The smallest absolute Gasteiger partial charge is 0.340 e. The lowest BCUT2D eigenvalue weighted by molar-refractivity contribution is -0.160. The Hall–Kier alpha value is -3.47. The van der Waals surface area contributed by atoms with Gasteiger partial charge in [0.15, 0.2) is 5.76 Å². The largest absolute Gasteiger partial charge is 0.504 e. The summed E-state index contributed by atoms with van der Waals surface area (Å²) in [5, 5.41) is 23.3. The van der Waals surface area contributed by atoms with Gasteiger partial charge >= 0.3 is 17.9 Å². The second-order valence-electron chi connectivity index (χ2n) is 10.9. The minimum Gasteiger partial charge on any atom is -0.504 e. The molecule has 1 saturated heterocycles. The molecule has 3 aliphatic carbocycles. The average Bonchev–Trinajstić information content (AvgIpc) is 3.10. The van der Waals surface area contributed by atoms with Gasteiger partial charge < -0.3 is 29.7 Å². The molecular weight excluding hydrogens is 498 g/mol. The van der Waals surface area contributed by atoms with E-state index in [1.165, 1.54) is 20.2 Å². The summed E-state index contributed by atoms with van der Waals surface area (Å²) in [7, 11) is 1.42. The zero-order valence-corrected chi connectivity index (χ0v) is 22.1. The molecule has 1 aliphatic heterocycles. The molecule has 206 valence electrons. The van der Waals surface area contributed by atoms with E-state index in [1.54, 1.807) is 20.8 Å². The number of nitrogens with one attached hydrogen (secondary N) is 1. The van der Waals surface area contributed by atoms with Crippen molar-refractivity contribution >= 4 is 29.5 Å². The molecule has 0 aromatic rings. The van der Waals surface area contributed by atoms with Crippen LogP contribution in [0.1, 0.15) is 53.4 Å². The Morgan fingerprint density at radius 2 is 1.95 bits per heavy atom. The molecule has 1 heterocycles. The van der Waals surface area contributed by atoms with Gasteiger partial charge in [0, 0.05) is 61.6 Å². The third-order valence-electron chi connectivity index (χ3n) is 8.41. The summed E-state index contributed by atoms with van der Waals surface area (Å²) in [6.45, 7) is 6.20. The van der Waals surface area contributed by atoms with Crippen molar-refractivity contribution in [2.75, 3.05) is 13.7 Å². The lowest BCUT2D eigenvalue weighted by atomic mass is 9.53. The van der Waals surface area contributed by atoms with E-state index in [1.807, 2.05) is 0 Å². The molecule has 4 rings (SSSR count). The van der Waals surface area contributed by atoms with E-state index < -0.39 is 64.4 Å². The number of carboxylic acid groups (broad SMARTS) is 1. The zero-order chi connectivity index (χ0) is 28.2. The minimum absolute atomic E-state index is 0.0142. The predicted octanol–water partition coefficient (Wildman–Crippen LogP) is 1.91. The summed E-state index contributed by atoms with van der Waals surface area (Å²) in [5.41, 5.74) is -1.87. The minimum atomic E-state index is -1.35. The molecule has 0 aromatic carbocycles. The highest BCUT2D eigenvalue weighted by molar-refractivity contribution is 6.14. The third-order valence-corrected chi connectivity index (χ3v) is 8.41. The topological polar surface area (TPSA) is 166 Å². The van der Waals surface area contributed by atoms with Crippen LogP contribution < -0.4 is 5.32 Å². The van der Waals surface area contributed by atoms with Gasteiger partial charge in [-0.3, -0.25) is 19.2 Å². The molecule has 1 saturated carbocycles. The van der Waals surface area contributed by atoms with Gasteiger partial charge in [0.1, 0.15) is 18.0 Å². The van der Waals surface area contributed by atoms with Crippen LogP contribution in [0.5, 0.6) is 0 Å². The first-order chi connectivity index (χ1) is 17.8. The molecule has 0 amide bonds. The van der Waals surface area contributed by atoms with E-state index in [2.05, 4.69) is 5.32 Å². The number of aliphatic carboxylic acids is 1.